The van der Waals surface area contributed by atoms with Gasteiger partial charge in [0.2, 0.25) is 0 Å². The number of fused-ring (bicyclic) bond motifs is 1. The molecule has 1 aromatic carbocycles. The van der Waals surface area contributed by atoms with E-state index in [0.717, 1.165) is 17.9 Å². The van der Waals surface area contributed by atoms with Gasteiger partial charge in [0, 0.05) is 34.0 Å². The molecule has 4 nitrogen and oxygen atoms in total. The zero-order valence-electron chi connectivity index (χ0n) is 14.1. The van der Waals surface area contributed by atoms with E-state index in [1.807, 2.05) is 12.3 Å². The molecule has 5 heteroatoms. The summed E-state index contributed by atoms with van der Waals surface area (Å²) in [6.07, 6.45) is 5.15. The Morgan fingerprint density at radius 3 is 2.62 bits per heavy atom. The van der Waals surface area contributed by atoms with Gasteiger partial charge in [0.15, 0.2) is 5.65 Å². The van der Waals surface area contributed by atoms with Crippen molar-refractivity contribution < 1.29 is 0 Å². The Morgan fingerprint density at radius 1 is 1.08 bits per heavy atom. The molecule has 0 amide bonds. The molecule has 0 aliphatic carbocycles. The molecule has 0 bridgehead atoms. The first-order chi connectivity index (χ1) is 11.5. The first kappa shape index (κ1) is 15.4. The highest BCUT2D eigenvalue weighted by Gasteiger charge is 2.21. The molecule has 24 heavy (non-hydrogen) atoms. The summed E-state index contributed by atoms with van der Waals surface area (Å²) in [6, 6.07) is 13.1. The van der Waals surface area contributed by atoms with Gasteiger partial charge in [-0.05, 0) is 23.8 Å². The van der Waals surface area contributed by atoms with E-state index >= 15 is 0 Å². The second-order valence-corrected chi connectivity index (χ2v) is 8.26. The molecule has 4 rings (SSSR count). The van der Waals surface area contributed by atoms with E-state index < -0.39 is 0 Å². The SMILES string of the molecule is CC(C)(C)c1nnc2ccc(Sc3ccccc3CC3C=N3)cn12. The monoisotopic (exact) mass is 336 g/mol. The molecule has 0 spiro atoms. The van der Waals surface area contributed by atoms with E-state index in [0.29, 0.717) is 6.04 Å². The maximum Gasteiger partial charge on any atom is 0.160 e. The Hall–Kier alpha value is -2.14. The molecule has 122 valence electrons. The maximum absolute atomic E-state index is 4.37. The molecule has 0 saturated heterocycles. The smallest absolute Gasteiger partial charge is 0.160 e. The molecule has 2 aromatic heterocycles. The Bertz CT molecular complexity index is 915. The number of aliphatic imine (C=N–C) groups is 1. The fraction of sp³-hybridized carbons (Fsp3) is 0.316. The van der Waals surface area contributed by atoms with Gasteiger partial charge in [0.1, 0.15) is 5.82 Å². The number of nitrogens with zero attached hydrogens (tertiary/aromatic N) is 4. The highest BCUT2D eigenvalue weighted by atomic mass is 32.2. The van der Waals surface area contributed by atoms with E-state index in [-0.39, 0.29) is 5.41 Å². The Balaban J connectivity index is 1.67. The number of aromatic nitrogens is 3. The quantitative estimate of drug-likeness (QED) is 0.718. The summed E-state index contributed by atoms with van der Waals surface area (Å²) in [5.74, 6) is 0.986. The lowest BCUT2D eigenvalue weighted by molar-refractivity contribution is 0.538. The van der Waals surface area contributed by atoms with E-state index in [2.05, 4.69) is 76.9 Å². The highest BCUT2D eigenvalue weighted by Crippen LogP contribution is 2.32. The average molecular weight is 336 g/mol. The van der Waals surface area contributed by atoms with Crippen LogP contribution in [0.2, 0.25) is 0 Å². The fourth-order valence-electron chi connectivity index (χ4n) is 2.73. The maximum atomic E-state index is 4.37. The van der Waals surface area contributed by atoms with Crippen molar-refractivity contribution in [1.29, 1.82) is 0 Å². The van der Waals surface area contributed by atoms with Gasteiger partial charge in [0.05, 0.1) is 6.04 Å². The molecule has 0 fully saturated rings. The third kappa shape index (κ3) is 3.08. The van der Waals surface area contributed by atoms with Gasteiger partial charge in [-0.1, -0.05) is 50.7 Å². The normalized spacial score (nSPS) is 16.7. The van der Waals surface area contributed by atoms with Gasteiger partial charge in [-0.3, -0.25) is 9.39 Å². The Labute approximate surface area is 146 Å². The summed E-state index contributed by atoms with van der Waals surface area (Å²) in [5.41, 5.74) is 2.21. The summed E-state index contributed by atoms with van der Waals surface area (Å²) in [5, 5.41) is 8.65. The van der Waals surface area contributed by atoms with Crippen molar-refractivity contribution in [3.8, 4) is 0 Å². The largest absolute Gasteiger partial charge is 0.286 e. The molecule has 1 atom stereocenters. The van der Waals surface area contributed by atoms with Crippen molar-refractivity contribution in [3.05, 3.63) is 54.0 Å². The van der Waals surface area contributed by atoms with E-state index in [1.165, 1.54) is 15.4 Å². The van der Waals surface area contributed by atoms with Crippen LogP contribution in [0.4, 0.5) is 0 Å². The van der Waals surface area contributed by atoms with Crippen LogP contribution in [0.15, 0.2) is 57.4 Å². The van der Waals surface area contributed by atoms with E-state index in [1.54, 1.807) is 11.8 Å². The van der Waals surface area contributed by atoms with Crippen LogP contribution in [0, 0.1) is 0 Å². The molecule has 3 aromatic rings. The summed E-state index contributed by atoms with van der Waals surface area (Å²) >= 11 is 1.79. The van der Waals surface area contributed by atoms with Gasteiger partial charge < -0.3 is 0 Å². The molecule has 1 aliphatic heterocycles. The van der Waals surface area contributed by atoms with Crippen molar-refractivity contribution in [2.24, 2.45) is 4.99 Å². The van der Waals surface area contributed by atoms with Gasteiger partial charge in [0.25, 0.3) is 0 Å². The first-order valence-electron chi connectivity index (χ1n) is 8.15. The minimum atomic E-state index is -0.0378. The van der Waals surface area contributed by atoms with Crippen LogP contribution in [0.1, 0.15) is 32.2 Å². The van der Waals surface area contributed by atoms with Gasteiger partial charge in [-0.15, -0.1) is 10.2 Å². The summed E-state index contributed by atoms with van der Waals surface area (Å²) < 4.78 is 2.11. The average Bonchev–Trinajstić information content (AvgIpc) is 3.24. The van der Waals surface area contributed by atoms with Crippen molar-refractivity contribution >= 4 is 23.6 Å². The fourth-order valence-corrected chi connectivity index (χ4v) is 3.71. The number of hydrogen-bond donors (Lipinski definition) is 0. The van der Waals surface area contributed by atoms with Gasteiger partial charge >= 0.3 is 0 Å². The van der Waals surface area contributed by atoms with Crippen molar-refractivity contribution in [3.63, 3.8) is 0 Å². The lowest BCUT2D eigenvalue weighted by Gasteiger charge is -2.16. The predicted octanol–water partition coefficient (Wildman–Crippen LogP) is 4.17. The zero-order valence-corrected chi connectivity index (χ0v) is 14.9. The van der Waals surface area contributed by atoms with Crippen LogP contribution in [0.5, 0.6) is 0 Å². The van der Waals surface area contributed by atoms with Crippen LogP contribution in [0.25, 0.3) is 5.65 Å². The molecule has 0 saturated carbocycles. The van der Waals surface area contributed by atoms with Gasteiger partial charge in [-0.25, -0.2) is 0 Å². The molecular weight excluding hydrogens is 316 g/mol. The Morgan fingerprint density at radius 2 is 1.88 bits per heavy atom. The van der Waals surface area contributed by atoms with Crippen molar-refractivity contribution in [1.82, 2.24) is 14.6 Å². The third-order valence-corrected chi connectivity index (χ3v) is 5.13. The molecule has 0 radical (unpaired) electrons. The lowest BCUT2D eigenvalue weighted by Crippen LogP contribution is -2.15. The van der Waals surface area contributed by atoms with Gasteiger partial charge in [-0.2, -0.15) is 0 Å². The molecule has 3 heterocycles. The topological polar surface area (TPSA) is 42.5 Å². The first-order valence-corrected chi connectivity index (χ1v) is 8.97. The van der Waals surface area contributed by atoms with Crippen LogP contribution < -0.4 is 0 Å². The lowest BCUT2D eigenvalue weighted by atomic mass is 9.96. The third-order valence-electron chi connectivity index (χ3n) is 4.04. The molecule has 1 unspecified atom stereocenters. The number of pyridine rings is 1. The minimum absolute atomic E-state index is 0.0378. The zero-order chi connectivity index (χ0) is 16.7. The minimum Gasteiger partial charge on any atom is -0.286 e. The second kappa shape index (κ2) is 5.74. The number of hydrogen-bond acceptors (Lipinski definition) is 4. The number of benzene rings is 1. The Kier molecular flexibility index (Phi) is 3.68. The van der Waals surface area contributed by atoms with Crippen LogP contribution in [-0.2, 0) is 11.8 Å². The predicted molar refractivity (Wildman–Crippen MR) is 98.2 cm³/mol. The summed E-state index contributed by atoms with van der Waals surface area (Å²) in [6.45, 7) is 6.48. The summed E-state index contributed by atoms with van der Waals surface area (Å²) in [7, 11) is 0. The number of rotatable bonds is 4. The molecule has 0 N–H and O–H groups in total. The molecule has 1 aliphatic rings. The van der Waals surface area contributed by atoms with Crippen LogP contribution >= 0.6 is 11.8 Å². The standard InChI is InChI=1S/C19H20N4S/c1-19(2,3)18-22-21-17-9-8-15(12-23(17)18)24-16-7-5-4-6-13(16)10-14-11-20-14/h4-9,11-12,14H,10H2,1-3H3. The summed E-state index contributed by atoms with van der Waals surface area (Å²) in [4.78, 5) is 6.74. The van der Waals surface area contributed by atoms with Crippen LogP contribution in [0.3, 0.4) is 0 Å². The van der Waals surface area contributed by atoms with Crippen LogP contribution in [-0.4, -0.2) is 26.9 Å². The van der Waals surface area contributed by atoms with E-state index in [9.17, 15) is 0 Å². The highest BCUT2D eigenvalue weighted by molar-refractivity contribution is 7.99. The van der Waals surface area contributed by atoms with E-state index in [4.69, 9.17) is 0 Å². The van der Waals surface area contributed by atoms with Crippen molar-refractivity contribution in [2.75, 3.05) is 0 Å². The second-order valence-electron chi connectivity index (χ2n) is 7.15. The van der Waals surface area contributed by atoms with Crippen molar-refractivity contribution in [2.45, 2.75) is 48.4 Å². The molecular formula is C19H20N4S.